The standard InChI is InChI=1S/C22H32O3/c1-13-11-16-17(20(3)8-5-15(24)12-19(13)20)6-9-21(4)18(16)7-10-22(21,25)14(2)23/h11,16-19,25H,5-10,12H2,1-4H3/t16-,17+,18+,19?,20-,21+,22+/m1/s1. The van der Waals surface area contributed by atoms with Gasteiger partial charge in [0.2, 0.25) is 0 Å². The molecule has 0 heterocycles. The van der Waals surface area contributed by atoms with E-state index >= 15 is 0 Å². The van der Waals surface area contributed by atoms with Crippen molar-refractivity contribution >= 4 is 11.6 Å². The van der Waals surface area contributed by atoms with Gasteiger partial charge in [-0.3, -0.25) is 9.59 Å². The lowest BCUT2D eigenvalue weighted by atomic mass is 9.45. The van der Waals surface area contributed by atoms with Gasteiger partial charge in [0.1, 0.15) is 11.4 Å². The summed E-state index contributed by atoms with van der Waals surface area (Å²) >= 11 is 0. The Bertz CT molecular complexity index is 664. The van der Waals surface area contributed by atoms with Gasteiger partial charge in [0.05, 0.1) is 0 Å². The van der Waals surface area contributed by atoms with Gasteiger partial charge in [-0.05, 0) is 75.0 Å². The van der Waals surface area contributed by atoms with Crippen LogP contribution in [0.3, 0.4) is 0 Å². The molecule has 4 aliphatic rings. The maximum Gasteiger partial charge on any atom is 0.161 e. The third-order valence-electron chi connectivity index (χ3n) is 9.09. The zero-order chi connectivity index (χ0) is 18.2. The molecule has 4 rings (SSSR count). The fraction of sp³-hybridized carbons (Fsp3) is 0.818. The Kier molecular flexibility index (Phi) is 3.69. The molecule has 0 amide bonds. The molecular weight excluding hydrogens is 312 g/mol. The molecule has 3 heteroatoms. The molecule has 1 N–H and O–H groups in total. The van der Waals surface area contributed by atoms with Crippen LogP contribution in [0.25, 0.3) is 0 Å². The fourth-order valence-corrected chi connectivity index (χ4v) is 7.48. The van der Waals surface area contributed by atoms with Gasteiger partial charge in [-0.1, -0.05) is 25.5 Å². The van der Waals surface area contributed by atoms with Crippen molar-refractivity contribution in [3.63, 3.8) is 0 Å². The number of rotatable bonds is 1. The molecule has 1 unspecified atom stereocenters. The Hall–Kier alpha value is -0.960. The third kappa shape index (κ3) is 2.08. The van der Waals surface area contributed by atoms with Crippen LogP contribution in [0.1, 0.15) is 72.6 Å². The summed E-state index contributed by atoms with van der Waals surface area (Å²) < 4.78 is 0. The largest absolute Gasteiger partial charge is 0.382 e. The van der Waals surface area contributed by atoms with Gasteiger partial charge in [0.15, 0.2) is 5.78 Å². The zero-order valence-electron chi connectivity index (χ0n) is 16.1. The number of aliphatic hydroxyl groups is 1. The fourth-order valence-electron chi connectivity index (χ4n) is 7.48. The Balaban J connectivity index is 1.75. The van der Waals surface area contributed by atoms with E-state index in [0.29, 0.717) is 42.3 Å². The van der Waals surface area contributed by atoms with E-state index < -0.39 is 5.60 Å². The van der Waals surface area contributed by atoms with E-state index in [1.807, 2.05) is 0 Å². The van der Waals surface area contributed by atoms with Crippen molar-refractivity contribution in [3.8, 4) is 0 Å². The van der Waals surface area contributed by atoms with Gasteiger partial charge < -0.3 is 5.11 Å². The Labute approximate surface area is 151 Å². The molecule has 3 nitrogen and oxygen atoms in total. The van der Waals surface area contributed by atoms with E-state index in [1.54, 1.807) is 6.92 Å². The molecule has 138 valence electrons. The van der Waals surface area contributed by atoms with Crippen molar-refractivity contribution in [1.29, 1.82) is 0 Å². The summed E-state index contributed by atoms with van der Waals surface area (Å²) in [5.74, 6) is 2.17. The number of fused-ring (bicyclic) bond motifs is 5. The monoisotopic (exact) mass is 344 g/mol. The summed E-state index contributed by atoms with van der Waals surface area (Å²) in [6, 6.07) is 0. The van der Waals surface area contributed by atoms with Crippen LogP contribution in [0.2, 0.25) is 0 Å². The Morgan fingerprint density at radius 1 is 1.16 bits per heavy atom. The molecule has 25 heavy (non-hydrogen) atoms. The average Bonchev–Trinajstić information content (AvgIpc) is 2.83. The highest BCUT2D eigenvalue weighted by atomic mass is 16.3. The normalized spacial score (nSPS) is 52.0. The average molecular weight is 344 g/mol. The number of carbonyl (C=O) groups excluding carboxylic acids is 2. The van der Waals surface area contributed by atoms with Crippen molar-refractivity contribution in [2.45, 2.75) is 78.2 Å². The minimum atomic E-state index is -1.15. The van der Waals surface area contributed by atoms with Gasteiger partial charge in [-0.2, -0.15) is 0 Å². The first-order chi connectivity index (χ1) is 11.6. The zero-order valence-corrected chi connectivity index (χ0v) is 16.1. The Morgan fingerprint density at radius 2 is 1.84 bits per heavy atom. The predicted molar refractivity (Wildman–Crippen MR) is 96.9 cm³/mol. The maximum atomic E-state index is 12.3. The van der Waals surface area contributed by atoms with E-state index in [9.17, 15) is 14.7 Å². The molecule has 3 fully saturated rings. The highest BCUT2D eigenvalue weighted by Gasteiger charge is 2.65. The molecular formula is C22H32O3. The molecule has 4 aliphatic carbocycles. The lowest BCUT2D eigenvalue weighted by Gasteiger charge is -2.59. The SMILES string of the molecule is CC(=O)[C@@]1(O)CC[C@H]2[C@@H]3C=C(C)C4CC(=O)CC[C@]4(C)[C@H]3CC[C@@]21C. The molecule has 7 atom stereocenters. The number of hydrogen-bond acceptors (Lipinski definition) is 3. The highest BCUT2D eigenvalue weighted by molar-refractivity contribution is 5.86. The minimum absolute atomic E-state index is 0.0557. The topological polar surface area (TPSA) is 54.4 Å². The number of Topliss-reactive ketones (excluding diaryl/α,β-unsaturated/α-hetero) is 2. The van der Waals surface area contributed by atoms with E-state index in [0.717, 1.165) is 32.1 Å². The van der Waals surface area contributed by atoms with Crippen LogP contribution in [0.5, 0.6) is 0 Å². The molecule has 0 aliphatic heterocycles. The maximum absolute atomic E-state index is 12.3. The number of allylic oxidation sites excluding steroid dienone is 2. The second kappa shape index (κ2) is 5.28. The van der Waals surface area contributed by atoms with Crippen molar-refractivity contribution < 1.29 is 14.7 Å². The molecule has 0 bridgehead atoms. The lowest BCUT2D eigenvalue weighted by Crippen LogP contribution is -2.57. The summed E-state index contributed by atoms with van der Waals surface area (Å²) in [5, 5.41) is 11.2. The summed E-state index contributed by atoms with van der Waals surface area (Å²) in [6.07, 6.45) is 8.42. The smallest absolute Gasteiger partial charge is 0.161 e. The third-order valence-corrected chi connectivity index (χ3v) is 9.09. The van der Waals surface area contributed by atoms with Crippen LogP contribution in [-0.4, -0.2) is 22.3 Å². The Morgan fingerprint density at radius 3 is 2.52 bits per heavy atom. The van der Waals surface area contributed by atoms with Crippen LogP contribution in [0.4, 0.5) is 0 Å². The van der Waals surface area contributed by atoms with E-state index in [-0.39, 0.29) is 16.6 Å². The van der Waals surface area contributed by atoms with Crippen molar-refractivity contribution in [2.75, 3.05) is 0 Å². The molecule has 0 aromatic heterocycles. The first-order valence-corrected chi connectivity index (χ1v) is 10.1. The van der Waals surface area contributed by atoms with Crippen LogP contribution in [0.15, 0.2) is 11.6 Å². The predicted octanol–water partition coefficient (Wildman–Crippen LogP) is 4.08. The molecule has 0 spiro atoms. The number of carbonyl (C=O) groups is 2. The van der Waals surface area contributed by atoms with Gasteiger partial charge >= 0.3 is 0 Å². The van der Waals surface area contributed by atoms with E-state index in [1.165, 1.54) is 5.57 Å². The van der Waals surface area contributed by atoms with Crippen molar-refractivity contribution in [1.82, 2.24) is 0 Å². The molecule has 0 saturated heterocycles. The van der Waals surface area contributed by atoms with E-state index in [4.69, 9.17) is 0 Å². The van der Waals surface area contributed by atoms with Crippen molar-refractivity contribution in [2.24, 2.45) is 34.5 Å². The molecule has 0 radical (unpaired) electrons. The second-order valence-electron chi connectivity index (χ2n) is 9.91. The van der Waals surface area contributed by atoms with Crippen LogP contribution < -0.4 is 0 Å². The molecule has 0 aromatic rings. The molecule has 0 aromatic carbocycles. The number of hydrogen-bond donors (Lipinski definition) is 1. The molecule has 3 saturated carbocycles. The van der Waals surface area contributed by atoms with Gasteiger partial charge in [-0.25, -0.2) is 0 Å². The minimum Gasteiger partial charge on any atom is -0.382 e. The van der Waals surface area contributed by atoms with Crippen LogP contribution in [0, 0.1) is 34.5 Å². The quantitative estimate of drug-likeness (QED) is 0.729. The summed E-state index contributed by atoms with van der Waals surface area (Å²) in [4.78, 5) is 24.3. The van der Waals surface area contributed by atoms with E-state index in [2.05, 4.69) is 26.8 Å². The summed E-state index contributed by atoms with van der Waals surface area (Å²) in [6.45, 7) is 8.33. The number of ketones is 2. The summed E-state index contributed by atoms with van der Waals surface area (Å²) in [7, 11) is 0. The first kappa shape index (κ1) is 17.5. The van der Waals surface area contributed by atoms with Crippen LogP contribution >= 0.6 is 0 Å². The highest BCUT2D eigenvalue weighted by Crippen LogP contribution is 2.67. The van der Waals surface area contributed by atoms with Crippen molar-refractivity contribution in [3.05, 3.63) is 11.6 Å². The van der Waals surface area contributed by atoms with Gasteiger partial charge in [0, 0.05) is 18.3 Å². The lowest BCUT2D eigenvalue weighted by molar-refractivity contribution is -0.160. The van der Waals surface area contributed by atoms with Gasteiger partial charge in [0.25, 0.3) is 0 Å². The van der Waals surface area contributed by atoms with Crippen LogP contribution in [-0.2, 0) is 9.59 Å². The second-order valence-corrected chi connectivity index (χ2v) is 9.91. The first-order valence-electron chi connectivity index (χ1n) is 10.1. The van der Waals surface area contributed by atoms with Gasteiger partial charge in [-0.15, -0.1) is 0 Å². The summed E-state index contributed by atoms with van der Waals surface area (Å²) in [5.41, 5.74) is 0.129.